The van der Waals surface area contributed by atoms with Gasteiger partial charge in [-0.2, -0.15) is 0 Å². The van der Waals surface area contributed by atoms with Gasteiger partial charge < -0.3 is 5.32 Å². The summed E-state index contributed by atoms with van der Waals surface area (Å²) >= 11 is 0. The standard InChI is InChI=1S/C12H17NO.C2H6/c1-10(12(14)13-2)9-11-7-5-3-4-6-8-11;1-2/h3-7,10H,8-9H2,1-2H3,(H,13,14);1-2H3. The lowest BCUT2D eigenvalue weighted by molar-refractivity contribution is -0.123. The highest BCUT2D eigenvalue weighted by atomic mass is 16.1. The smallest absolute Gasteiger partial charge is 0.222 e. The minimum Gasteiger partial charge on any atom is -0.359 e. The first-order valence-electron chi connectivity index (χ1n) is 5.97. The van der Waals surface area contributed by atoms with Crippen molar-refractivity contribution >= 4 is 5.91 Å². The molecule has 90 valence electrons. The first-order chi connectivity index (χ1) is 7.74. The number of allylic oxidation sites excluding steroid dienone is 6. The van der Waals surface area contributed by atoms with Gasteiger partial charge in [-0.05, 0) is 12.8 Å². The zero-order valence-electron chi connectivity index (χ0n) is 10.8. The molecule has 16 heavy (non-hydrogen) atoms. The average molecular weight is 221 g/mol. The molecule has 2 nitrogen and oxygen atoms in total. The van der Waals surface area contributed by atoms with E-state index >= 15 is 0 Å². The molecule has 2 heteroatoms. The van der Waals surface area contributed by atoms with Gasteiger partial charge >= 0.3 is 0 Å². The highest BCUT2D eigenvalue weighted by Crippen LogP contribution is 2.17. The molecule has 0 aromatic heterocycles. The maximum atomic E-state index is 11.3. The Bertz CT molecular complexity index is 287. The van der Waals surface area contributed by atoms with Crippen LogP contribution in [0.15, 0.2) is 36.0 Å². The van der Waals surface area contributed by atoms with Crippen LogP contribution in [-0.4, -0.2) is 13.0 Å². The van der Waals surface area contributed by atoms with Crippen molar-refractivity contribution in [3.63, 3.8) is 0 Å². The SMILES string of the molecule is CC.CNC(=O)C(C)CC1=CC=CC=CC1. The molecule has 0 saturated carbocycles. The molecule has 1 N–H and O–H groups in total. The first kappa shape index (κ1) is 14.7. The largest absolute Gasteiger partial charge is 0.359 e. The first-order valence-corrected chi connectivity index (χ1v) is 5.97. The maximum absolute atomic E-state index is 11.3. The minimum atomic E-state index is 0.0612. The number of carbonyl (C=O) groups is 1. The van der Waals surface area contributed by atoms with Crippen LogP contribution in [0.2, 0.25) is 0 Å². The molecule has 0 aliphatic heterocycles. The lowest BCUT2D eigenvalue weighted by Crippen LogP contribution is -2.25. The van der Waals surface area contributed by atoms with Crippen LogP contribution in [0.3, 0.4) is 0 Å². The topological polar surface area (TPSA) is 29.1 Å². The third-order valence-corrected chi connectivity index (χ3v) is 2.33. The third-order valence-electron chi connectivity index (χ3n) is 2.33. The van der Waals surface area contributed by atoms with E-state index in [2.05, 4.69) is 17.5 Å². The molecule has 0 bridgehead atoms. The normalized spacial score (nSPS) is 15.4. The quantitative estimate of drug-likeness (QED) is 0.779. The molecule has 0 spiro atoms. The number of hydrogen-bond donors (Lipinski definition) is 1. The van der Waals surface area contributed by atoms with Gasteiger partial charge in [0.05, 0.1) is 0 Å². The fourth-order valence-electron chi connectivity index (χ4n) is 1.51. The van der Waals surface area contributed by atoms with Crippen molar-refractivity contribution in [2.45, 2.75) is 33.6 Å². The second-order valence-corrected chi connectivity index (χ2v) is 3.56. The Morgan fingerprint density at radius 3 is 2.69 bits per heavy atom. The van der Waals surface area contributed by atoms with Crippen molar-refractivity contribution in [1.29, 1.82) is 0 Å². The monoisotopic (exact) mass is 221 g/mol. The molecule has 1 unspecified atom stereocenters. The van der Waals surface area contributed by atoms with E-state index < -0.39 is 0 Å². The summed E-state index contributed by atoms with van der Waals surface area (Å²) in [4.78, 5) is 11.3. The Morgan fingerprint density at radius 2 is 2.06 bits per heavy atom. The number of nitrogens with one attached hydrogen (secondary N) is 1. The Labute approximate surface area is 99.1 Å². The van der Waals surface area contributed by atoms with Gasteiger partial charge in [0, 0.05) is 13.0 Å². The summed E-state index contributed by atoms with van der Waals surface area (Å²) < 4.78 is 0. The summed E-state index contributed by atoms with van der Waals surface area (Å²) in [6.07, 6.45) is 12.1. The van der Waals surface area contributed by atoms with Crippen molar-refractivity contribution in [2.75, 3.05) is 7.05 Å². The summed E-state index contributed by atoms with van der Waals surface area (Å²) in [5.41, 5.74) is 1.31. The number of carbonyl (C=O) groups excluding carboxylic acids is 1. The number of amides is 1. The predicted octanol–water partition coefficient (Wildman–Crippen LogP) is 3.23. The van der Waals surface area contributed by atoms with E-state index in [1.807, 2.05) is 39.0 Å². The highest BCUT2D eigenvalue weighted by molar-refractivity contribution is 5.78. The van der Waals surface area contributed by atoms with Crippen molar-refractivity contribution < 1.29 is 4.79 Å². The summed E-state index contributed by atoms with van der Waals surface area (Å²) in [6.45, 7) is 5.96. The van der Waals surface area contributed by atoms with E-state index in [4.69, 9.17) is 0 Å². The molecular formula is C14H23NO. The van der Waals surface area contributed by atoms with Gasteiger partial charge in [-0.25, -0.2) is 0 Å². The van der Waals surface area contributed by atoms with Crippen LogP contribution >= 0.6 is 0 Å². The highest BCUT2D eigenvalue weighted by Gasteiger charge is 2.12. The minimum absolute atomic E-state index is 0.0612. The van der Waals surface area contributed by atoms with Gasteiger partial charge in [0.25, 0.3) is 0 Å². The van der Waals surface area contributed by atoms with Gasteiger partial charge in [-0.1, -0.05) is 56.7 Å². The van der Waals surface area contributed by atoms with Crippen LogP contribution in [-0.2, 0) is 4.79 Å². The molecule has 0 aromatic carbocycles. The Morgan fingerprint density at radius 1 is 1.38 bits per heavy atom. The molecule has 1 aliphatic rings. The van der Waals surface area contributed by atoms with Gasteiger partial charge in [0.15, 0.2) is 0 Å². The van der Waals surface area contributed by atoms with E-state index in [0.29, 0.717) is 0 Å². The van der Waals surface area contributed by atoms with E-state index in [1.165, 1.54) is 5.57 Å². The molecule has 0 fully saturated rings. The average Bonchev–Trinajstić information content (AvgIpc) is 2.59. The molecule has 0 aromatic rings. The Kier molecular flexibility index (Phi) is 8.22. The van der Waals surface area contributed by atoms with Crippen molar-refractivity contribution in [3.8, 4) is 0 Å². The van der Waals surface area contributed by atoms with E-state index in [0.717, 1.165) is 12.8 Å². The fourth-order valence-corrected chi connectivity index (χ4v) is 1.51. The Hall–Kier alpha value is -1.31. The molecule has 1 atom stereocenters. The van der Waals surface area contributed by atoms with Crippen LogP contribution in [0.1, 0.15) is 33.6 Å². The van der Waals surface area contributed by atoms with Crippen molar-refractivity contribution in [2.24, 2.45) is 5.92 Å². The lowest BCUT2D eigenvalue weighted by Gasteiger charge is -2.11. The second-order valence-electron chi connectivity index (χ2n) is 3.56. The van der Waals surface area contributed by atoms with E-state index in [1.54, 1.807) is 7.05 Å². The predicted molar refractivity (Wildman–Crippen MR) is 70.2 cm³/mol. The Balaban J connectivity index is 0.00000106. The number of hydrogen-bond acceptors (Lipinski definition) is 1. The third kappa shape index (κ3) is 5.54. The van der Waals surface area contributed by atoms with Crippen LogP contribution in [0.5, 0.6) is 0 Å². The van der Waals surface area contributed by atoms with Gasteiger partial charge in [-0.3, -0.25) is 4.79 Å². The van der Waals surface area contributed by atoms with E-state index in [-0.39, 0.29) is 11.8 Å². The van der Waals surface area contributed by atoms with Gasteiger partial charge in [0.2, 0.25) is 5.91 Å². The van der Waals surface area contributed by atoms with E-state index in [9.17, 15) is 4.79 Å². The summed E-state index contributed by atoms with van der Waals surface area (Å²) in [7, 11) is 1.68. The van der Waals surface area contributed by atoms with Crippen LogP contribution in [0.4, 0.5) is 0 Å². The van der Waals surface area contributed by atoms with Crippen molar-refractivity contribution in [1.82, 2.24) is 5.32 Å². The molecule has 0 saturated heterocycles. The maximum Gasteiger partial charge on any atom is 0.222 e. The molecule has 1 aliphatic carbocycles. The molecule has 0 heterocycles. The fraction of sp³-hybridized carbons (Fsp3) is 0.500. The lowest BCUT2D eigenvalue weighted by atomic mass is 9.98. The zero-order valence-corrected chi connectivity index (χ0v) is 10.8. The molecule has 1 amide bonds. The molecular weight excluding hydrogens is 198 g/mol. The van der Waals surface area contributed by atoms with Crippen LogP contribution < -0.4 is 5.32 Å². The van der Waals surface area contributed by atoms with Crippen molar-refractivity contribution in [3.05, 3.63) is 36.0 Å². The summed E-state index contributed by atoms with van der Waals surface area (Å²) in [5, 5.41) is 2.67. The van der Waals surface area contributed by atoms with Crippen LogP contribution in [0.25, 0.3) is 0 Å². The number of rotatable bonds is 3. The van der Waals surface area contributed by atoms with Gasteiger partial charge in [-0.15, -0.1) is 0 Å². The summed E-state index contributed by atoms with van der Waals surface area (Å²) in [6, 6.07) is 0. The van der Waals surface area contributed by atoms with Gasteiger partial charge in [0.1, 0.15) is 0 Å². The zero-order chi connectivity index (χ0) is 12.4. The second kappa shape index (κ2) is 8.96. The van der Waals surface area contributed by atoms with Crippen LogP contribution in [0, 0.1) is 5.92 Å². The summed E-state index contributed by atoms with van der Waals surface area (Å²) in [5.74, 6) is 0.175. The molecule has 1 rings (SSSR count). The molecule has 0 radical (unpaired) electrons.